The van der Waals surface area contributed by atoms with Crippen LogP contribution >= 0.6 is 12.2 Å². The minimum atomic E-state index is -0.944. The van der Waals surface area contributed by atoms with E-state index in [1.165, 1.54) is 22.3 Å². The highest BCUT2D eigenvalue weighted by Crippen LogP contribution is 2.26. The first-order chi connectivity index (χ1) is 20.2. The first-order valence-electron chi connectivity index (χ1n) is 14.1. The predicted octanol–water partition coefficient (Wildman–Crippen LogP) is 5.87. The fourth-order valence-corrected chi connectivity index (χ4v) is 5.63. The normalized spacial score (nSPS) is 13.8. The van der Waals surface area contributed by atoms with E-state index >= 15 is 0 Å². The second kappa shape index (κ2) is 14.7. The van der Waals surface area contributed by atoms with Gasteiger partial charge in [0.15, 0.2) is 0 Å². The average molecular weight is 583 g/mol. The topological polar surface area (TPSA) is 87.5 Å². The lowest BCUT2D eigenvalue weighted by Crippen LogP contribution is -2.44. The molecular formula is C34H38N4O3S. The third-order valence-electron chi connectivity index (χ3n) is 7.37. The Bertz CT molecular complexity index is 1530. The highest BCUT2D eigenvalue weighted by atomic mass is 32.1. The van der Waals surface area contributed by atoms with E-state index in [1.54, 1.807) is 6.20 Å². The maximum absolute atomic E-state index is 12.9. The highest BCUT2D eigenvalue weighted by molar-refractivity contribution is 7.71. The Morgan fingerprint density at radius 2 is 1.71 bits per heavy atom. The van der Waals surface area contributed by atoms with Crippen molar-refractivity contribution < 1.29 is 14.7 Å². The first kappa shape index (κ1) is 30.8. The molecule has 1 aliphatic heterocycles. The third-order valence-corrected chi connectivity index (χ3v) is 7.72. The molecule has 0 spiro atoms. The second-order valence-electron chi connectivity index (χ2n) is 10.8. The molecule has 3 heterocycles. The van der Waals surface area contributed by atoms with Crippen LogP contribution in [-0.4, -0.2) is 58.1 Å². The molecule has 1 aliphatic rings. The van der Waals surface area contributed by atoms with Crippen molar-refractivity contribution in [2.45, 2.75) is 32.7 Å². The van der Waals surface area contributed by atoms with Gasteiger partial charge in [0.05, 0.1) is 6.42 Å². The number of nitrogens with zero attached hydrogens (tertiary/aromatic N) is 3. The van der Waals surface area contributed by atoms with Crippen LogP contribution in [0.3, 0.4) is 0 Å². The Hall–Kier alpha value is -4.14. The summed E-state index contributed by atoms with van der Waals surface area (Å²) in [6.07, 6.45) is 6.51. The Kier molecular flexibility index (Phi) is 10.8. The molecule has 1 amide bonds. The van der Waals surface area contributed by atoms with Crippen molar-refractivity contribution in [2.24, 2.45) is 5.92 Å². The molecule has 0 bridgehead atoms. The van der Waals surface area contributed by atoms with Gasteiger partial charge in [-0.2, -0.15) is 0 Å². The molecule has 42 heavy (non-hydrogen) atoms. The van der Waals surface area contributed by atoms with Gasteiger partial charge in [-0.3, -0.25) is 14.6 Å². The Morgan fingerprint density at radius 3 is 2.33 bits per heavy atom. The number of nitrogens with one attached hydrogen (secondary N) is 1. The van der Waals surface area contributed by atoms with Crippen molar-refractivity contribution in [2.75, 3.05) is 26.7 Å². The standard InChI is InChI=1S/C21H25N3O3S.C13H13N/c1-23-12-16(13-23)11-15-7-8-18(28)24(14-15)20(17-5-3-2-4-6-17)21(27)22-10-9-19(25)26;1-10-5-3-6-11(2)13(10)12-7-4-8-14-9-12/h2-8,14,16,20H,9-13H2,1H3,(H,22,27)(H,25,26);3-9H,1-2H3. The van der Waals surface area contributed by atoms with Gasteiger partial charge in [0.25, 0.3) is 0 Å². The lowest BCUT2D eigenvalue weighted by Gasteiger charge is -2.36. The zero-order valence-electron chi connectivity index (χ0n) is 24.4. The van der Waals surface area contributed by atoms with Crippen molar-refractivity contribution in [3.8, 4) is 11.1 Å². The zero-order chi connectivity index (χ0) is 30.1. The van der Waals surface area contributed by atoms with Gasteiger partial charge < -0.3 is 19.9 Å². The van der Waals surface area contributed by atoms with Crippen LogP contribution in [-0.2, 0) is 16.0 Å². The third kappa shape index (κ3) is 8.21. The van der Waals surface area contributed by atoms with Crippen LogP contribution in [0.15, 0.2) is 91.4 Å². The van der Waals surface area contributed by atoms with Gasteiger partial charge in [0, 0.05) is 43.8 Å². The number of hydrogen-bond acceptors (Lipinski definition) is 5. The Morgan fingerprint density at radius 1 is 1.00 bits per heavy atom. The number of hydrogen-bond donors (Lipinski definition) is 2. The number of carbonyl (C=O) groups excluding carboxylic acids is 1. The number of aryl methyl sites for hydroxylation is 2. The van der Waals surface area contributed by atoms with E-state index in [1.807, 2.05) is 65.5 Å². The molecule has 2 aromatic carbocycles. The van der Waals surface area contributed by atoms with E-state index in [-0.39, 0.29) is 18.9 Å². The molecule has 0 aliphatic carbocycles. The zero-order valence-corrected chi connectivity index (χ0v) is 25.2. The van der Waals surface area contributed by atoms with Crippen molar-refractivity contribution in [3.05, 3.63) is 118 Å². The molecule has 1 unspecified atom stereocenters. The average Bonchev–Trinajstić information content (AvgIpc) is 2.95. The summed E-state index contributed by atoms with van der Waals surface area (Å²) >= 11 is 5.52. The summed E-state index contributed by atoms with van der Waals surface area (Å²) in [5.41, 5.74) is 7.07. The Balaban J connectivity index is 0.000000241. The van der Waals surface area contributed by atoms with Gasteiger partial charge in [-0.05, 0) is 73.2 Å². The van der Waals surface area contributed by atoms with Gasteiger partial charge in [0.2, 0.25) is 5.91 Å². The molecule has 2 aromatic heterocycles. The van der Waals surface area contributed by atoms with Crippen LogP contribution < -0.4 is 5.32 Å². The molecular weight excluding hydrogens is 544 g/mol. The predicted molar refractivity (Wildman–Crippen MR) is 169 cm³/mol. The minimum absolute atomic E-state index is 0.0823. The number of aliphatic carboxylic acids is 1. The summed E-state index contributed by atoms with van der Waals surface area (Å²) < 4.78 is 2.38. The number of rotatable bonds is 9. The lowest BCUT2D eigenvalue weighted by molar-refractivity contribution is -0.137. The summed E-state index contributed by atoms with van der Waals surface area (Å²) in [7, 11) is 2.11. The van der Waals surface area contributed by atoms with Crippen LogP contribution in [0, 0.1) is 24.4 Å². The summed E-state index contributed by atoms with van der Waals surface area (Å²) in [6, 6.07) is 23.1. The van der Waals surface area contributed by atoms with E-state index in [9.17, 15) is 9.59 Å². The van der Waals surface area contributed by atoms with Crippen LogP contribution in [0.25, 0.3) is 11.1 Å². The van der Waals surface area contributed by atoms with E-state index in [0.29, 0.717) is 10.6 Å². The number of carbonyl (C=O) groups is 2. The highest BCUT2D eigenvalue weighted by Gasteiger charge is 2.25. The fourth-order valence-electron chi connectivity index (χ4n) is 5.41. The van der Waals surface area contributed by atoms with Crippen LogP contribution in [0.2, 0.25) is 0 Å². The van der Waals surface area contributed by atoms with Gasteiger partial charge in [-0.1, -0.05) is 72.9 Å². The summed E-state index contributed by atoms with van der Waals surface area (Å²) in [5.74, 6) is -0.585. The second-order valence-corrected chi connectivity index (χ2v) is 11.2. The Labute approximate surface area is 252 Å². The quantitative estimate of drug-likeness (QED) is 0.240. The molecule has 8 heteroatoms. The maximum atomic E-state index is 12.9. The van der Waals surface area contributed by atoms with E-state index < -0.39 is 12.0 Å². The van der Waals surface area contributed by atoms with Crippen LogP contribution in [0.4, 0.5) is 0 Å². The molecule has 1 fully saturated rings. The minimum Gasteiger partial charge on any atom is -0.481 e. The van der Waals surface area contributed by atoms with Gasteiger partial charge >= 0.3 is 5.97 Å². The lowest BCUT2D eigenvalue weighted by atomic mass is 9.93. The van der Waals surface area contributed by atoms with Crippen LogP contribution in [0.1, 0.15) is 34.7 Å². The van der Waals surface area contributed by atoms with Gasteiger partial charge in [-0.15, -0.1) is 0 Å². The van der Waals surface area contributed by atoms with Crippen molar-refractivity contribution in [3.63, 3.8) is 0 Å². The number of carboxylic acids is 1. The van der Waals surface area contributed by atoms with Crippen molar-refractivity contribution >= 4 is 24.1 Å². The van der Waals surface area contributed by atoms with E-state index in [0.717, 1.165) is 30.6 Å². The number of carboxylic acid groups (broad SMARTS) is 1. The summed E-state index contributed by atoms with van der Waals surface area (Å²) in [5, 5.41) is 11.6. The summed E-state index contributed by atoms with van der Waals surface area (Å²) in [4.78, 5) is 30.1. The molecule has 0 radical (unpaired) electrons. The molecule has 7 nitrogen and oxygen atoms in total. The molecule has 2 N–H and O–H groups in total. The van der Waals surface area contributed by atoms with Crippen molar-refractivity contribution in [1.29, 1.82) is 0 Å². The van der Waals surface area contributed by atoms with Gasteiger partial charge in [0.1, 0.15) is 10.7 Å². The molecule has 5 rings (SSSR count). The largest absolute Gasteiger partial charge is 0.481 e. The molecule has 1 saturated heterocycles. The number of aromatic nitrogens is 2. The number of amides is 1. The fraction of sp³-hybridized carbons (Fsp3) is 0.294. The monoisotopic (exact) mass is 582 g/mol. The van der Waals surface area contributed by atoms with Crippen molar-refractivity contribution in [1.82, 2.24) is 19.8 Å². The number of benzene rings is 2. The maximum Gasteiger partial charge on any atom is 0.305 e. The van der Waals surface area contributed by atoms with E-state index in [4.69, 9.17) is 17.3 Å². The number of likely N-dealkylation sites (tertiary alicyclic amines) is 1. The first-order valence-corrected chi connectivity index (χ1v) is 14.5. The molecule has 0 saturated carbocycles. The molecule has 4 aromatic rings. The number of pyridine rings is 2. The van der Waals surface area contributed by atoms with E-state index in [2.05, 4.69) is 60.4 Å². The molecule has 1 atom stereocenters. The molecule has 218 valence electrons. The summed E-state index contributed by atoms with van der Waals surface area (Å²) in [6.45, 7) is 6.50. The van der Waals surface area contributed by atoms with Crippen LogP contribution in [0.5, 0.6) is 0 Å². The smallest absolute Gasteiger partial charge is 0.305 e. The van der Waals surface area contributed by atoms with Gasteiger partial charge in [-0.25, -0.2) is 0 Å². The SMILES string of the molecule is CN1CC(Cc2ccc(=S)n(C(C(=O)NCCC(=O)O)c3ccccc3)c2)C1.Cc1cccc(C)c1-c1cccnc1.